The topological polar surface area (TPSA) is 162 Å². The molecule has 1 heterocycles. The predicted octanol–water partition coefficient (Wildman–Crippen LogP) is 4.72. The maximum Gasteiger partial charge on any atom is 0.335 e. The Balaban J connectivity index is 1.65. The Bertz CT molecular complexity index is 1470. The van der Waals surface area contributed by atoms with Crippen LogP contribution in [0.15, 0.2) is 76.8 Å². The van der Waals surface area contributed by atoms with Crippen molar-refractivity contribution in [1.29, 1.82) is 0 Å². The van der Waals surface area contributed by atoms with Crippen LogP contribution in [0.25, 0.3) is 6.08 Å². The molecule has 0 spiro atoms. The van der Waals surface area contributed by atoms with Gasteiger partial charge in [-0.25, -0.2) is 9.69 Å². The summed E-state index contributed by atoms with van der Waals surface area (Å²) in [5, 5.41) is 24.4. The molecule has 0 bridgehead atoms. The van der Waals surface area contributed by atoms with Crippen molar-refractivity contribution in [2.24, 2.45) is 0 Å². The molecule has 3 aromatic rings. The molecule has 0 aliphatic carbocycles. The summed E-state index contributed by atoms with van der Waals surface area (Å²) in [7, 11) is 0. The number of amides is 4. The molecular weight excluding hydrogens is 540 g/mol. The van der Waals surface area contributed by atoms with Crippen LogP contribution in [0.3, 0.4) is 0 Å². The smallest absolute Gasteiger partial charge is 0.335 e. The van der Waals surface area contributed by atoms with Gasteiger partial charge in [-0.15, -0.1) is 0 Å². The fourth-order valence-electron chi connectivity index (χ4n) is 3.29. The maximum atomic E-state index is 13.0. The Kier molecular flexibility index (Phi) is 6.56. The van der Waals surface area contributed by atoms with Crippen molar-refractivity contribution in [2.75, 3.05) is 4.90 Å². The number of carbonyl (C=O) groups is 3. The molecule has 1 N–H and O–H groups in total. The molecule has 1 aliphatic heterocycles. The molecule has 4 rings (SSSR count). The third kappa shape index (κ3) is 4.95. The van der Waals surface area contributed by atoms with Gasteiger partial charge in [-0.05, 0) is 54.1 Å². The van der Waals surface area contributed by atoms with Crippen LogP contribution in [-0.4, -0.2) is 27.7 Å². The van der Waals surface area contributed by atoms with Crippen LogP contribution >= 0.6 is 15.9 Å². The number of urea groups is 1. The molecule has 1 saturated heterocycles. The molecule has 12 nitrogen and oxygen atoms in total. The fraction of sp³-hybridized carbons (Fsp3) is 0. The van der Waals surface area contributed by atoms with Gasteiger partial charge in [0.15, 0.2) is 0 Å². The first-order valence-corrected chi connectivity index (χ1v) is 10.8. The van der Waals surface area contributed by atoms with Crippen molar-refractivity contribution in [3.63, 3.8) is 0 Å². The third-order valence-electron chi connectivity index (χ3n) is 4.93. The second-order valence-electron chi connectivity index (χ2n) is 7.28. The number of nitrogens with one attached hydrogen (secondary N) is 1. The summed E-state index contributed by atoms with van der Waals surface area (Å²) in [5.74, 6) is -1.88. The number of nitro groups is 2. The van der Waals surface area contributed by atoms with Crippen molar-refractivity contribution >= 4 is 56.9 Å². The van der Waals surface area contributed by atoms with Gasteiger partial charge in [0.1, 0.15) is 11.3 Å². The zero-order valence-corrected chi connectivity index (χ0v) is 19.5. The van der Waals surface area contributed by atoms with Gasteiger partial charge in [0.25, 0.3) is 17.5 Å². The largest absolute Gasteiger partial charge is 0.450 e. The van der Waals surface area contributed by atoms with E-state index in [4.69, 9.17) is 4.74 Å². The lowest BCUT2D eigenvalue weighted by molar-refractivity contribution is -0.394. The lowest BCUT2D eigenvalue weighted by Crippen LogP contribution is -2.54. The first-order chi connectivity index (χ1) is 17.1. The van der Waals surface area contributed by atoms with Gasteiger partial charge in [-0.1, -0.05) is 28.1 Å². The number of hydrogen-bond donors (Lipinski definition) is 1. The van der Waals surface area contributed by atoms with E-state index >= 15 is 0 Å². The number of nitrogens with zero attached hydrogens (tertiary/aromatic N) is 3. The molecule has 0 atom stereocenters. The third-order valence-corrected chi connectivity index (χ3v) is 5.46. The van der Waals surface area contributed by atoms with E-state index in [0.29, 0.717) is 5.56 Å². The van der Waals surface area contributed by atoms with Gasteiger partial charge in [0.05, 0.1) is 21.6 Å². The Morgan fingerprint density at radius 1 is 0.917 bits per heavy atom. The standard InChI is InChI=1S/C23H13BrN4O8/c24-14-4-6-15(7-5-14)26-22(30)18(21(29)25-23(26)31)11-13-2-1-3-17(10-13)36-20-9-8-16(27(32)33)12-19(20)28(34)35/h1-12H,(H,25,29,31)/b18-11-. The molecule has 3 aromatic carbocycles. The summed E-state index contributed by atoms with van der Waals surface area (Å²) in [4.78, 5) is 59.3. The van der Waals surface area contributed by atoms with Gasteiger partial charge in [-0.3, -0.25) is 35.1 Å². The van der Waals surface area contributed by atoms with Crippen molar-refractivity contribution in [3.8, 4) is 11.5 Å². The number of benzene rings is 3. The van der Waals surface area contributed by atoms with Gasteiger partial charge >= 0.3 is 11.7 Å². The van der Waals surface area contributed by atoms with Crippen LogP contribution in [-0.2, 0) is 9.59 Å². The Hall–Kier alpha value is -4.91. The first-order valence-electron chi connectivity index (χ1n) is 10.0. The van der Waals surface area contributed by atoms with Gasteiger partial charge in [-0.2, -0.15) is 0 Å². The minimum atomic E-state index is -0.896. The van der Waals surface area contributed by atoms with Crippen LogP contribution in [0.5, 0.6) is 11.5 Å². The fourth-order valence-corrected chi connectivity index (χ4v) is 3.56. The summed E-state index contributed by atoms with van der Waals surface area (Å²) < 4.78 is 6.29. The molecule has 0 saturated carbocycles. The molecule has 1 fully saturated rings. The average Bonchev–Trinajstić information content (AvgIpc) is 2.83. The molecule has 13 heteroatoms. The molecule has 36 heavy (non-hydrogen) atoms. The molecule has 180 valence electrons. The van der Waals surface area contributed by atoms with Crippen LogP contribution < -0.4 is 15.0 Å². The normalized spacial score (nSPS) is 14.5. The Morgan fingerprint density at radius 3 is 2.31 bits per heavy atom. The van der Waals surface area contributed by atoms with Crippen LogP contribution in [0.2, 0.25) is 0 Å². The second-order valence-corrected chi connectivity index (χ2v) is 8.19. The molecule has 4 amide bonds. The monoisotopic (exact) mass is 552 g/mol. The quantitative estimate of drug-likeness (QED) is 0.198. The highest BCUT2D eigenvalue weighted by molar-refractivity contribution is 9.10. The SMILES string of the molecule is O=C1NC(=O)N(c2ccc(Br)cc2)C(=O)/C1=C\c1cccc(Oc2ccc([N+](=O)[O-])cc2[N+](=O)[O-])c1. The predicted molar refractivity (Wildman–Crippen MR) is 129 cm³/mol. The lowest BCUT2D eigenvalue weighted by atomic mass is 10.1. The maximum absolute atomic E-state index is 13.0. The molecule has 0 radical (unpaired) electrons. The highest BCUT2D eigenvalue weighted by Crippen LogP contribution is 2.35. The molecule has 1 aliphatic rings. The van der Waals surface area contributed by atoms with E-state index in [1.165, 1.54) is 36.4 Å². The van der Waals surface area contributed by atoms with Gasteiger partial charge in [0.2, 0.25) is 5.75 Å². The van der Waals surface area contributed by atoms with Crippen LogP contribution in [0.1, 0.15) is 5.56 Å². The molecule has 0 unspecified atom stereocenters. The summed E-state index contributed by atoms with van der Waals surface area (Å²) in [6.45, 7) is 0. The summed E-state index contributed by atoms with van der Waals surface area (Å²) in [6.07, 6.45) is 1.24. The lowest BCUT2D eigenvalue weighted by Gasteiger charge is -2.26. The van der Waals surface area contributed by atoms with Crippen molar-refractivity contribution < 1.29 is 29.0 Å². The molecule has 0 aromatic heterocycles. The van der Waals surface area contributed by atoms with E-state index in [1.807, 2.05) is 0 Å². The minimum absolute atomic E-state index is 0.103. The van der Waals surface area contributed by atoms with Gasteiger partial charge in [0, 0.05) is 10.5 Å². The van der Waals surface area contributed by atoms with Crippen LogP contribution in [0, 0.1) is 20.2 Å². The number of hydrogen-bond acceptors (Lipinski definition) is 8. The summed E-state index contributed by atoms with van der Waals surface area (Å²) in [6, 6.07) is 14.3. The number of ether oxygens (including phenoxy) is 1. The van der Waals surface area contributed by atoms with Crippen molar-refractivity contribution in [1.82, 2.24) is 5.32 Å². The first kappa shape index (κ1) is 24.2. The second kappa shape index (κ2) is 9.76. The number of carbonyl (C=O) groups excluding carboxylic acids is 3. The highest BCUT2D eigenvalue weighted by atomic mass is 79.9. The number of nitro benzene ring substituents is 2. The zero-order valence-electron chi connectivity index (χ0n) is 17.9. The Morgan fingerprint density at radius 2 is 1.64 bits per heavy atom. The van der Waals surface area contributed by atoms with E-state index in [0.717, 1.165) is 27.6 Å². The average molecular weight is 553 g/mol. The minimum Gasteiger partial charge on any atom is -0.450 e. The molecular formula is C23H13BrN4O8. The van der Waals surface area contributed by atoms with E-state index in [9.17, 15) is 34.6 Å². The van der Waals surface area contributed by atoms with Gasteiger partial charge < -0.3 is 4.74 Å². The number of anilines is 1. The number of non-ortho nitro benzene ring substituents is 1. The van der Waals surface area contributed by atoms with E-state index in [-0.39, 0.29) is 22.8 Å². The number of imide groups is 2. The number of rotatable bonds is 6. The van der Waals surface area contributed by atoms with E-state index < -0.39 is 39.1 Å². The summed E-state index contributed by atoms with van der Waals surface area (Å²) >= 11 is 3.27. The summed E-state index contributed by atoms with van der Waals surface area (Å²) in [5.41, 5.74) is -0.837. The highest BCUT2D eigenvalue weighted by Gasteiger charge is 2.36. The number of barbiturate groups is 1. The van der Waals surface area contributed by atoms with E-state index in [1.54, 1.807) is 18.2 Å². The van der Waals surface area contributed by atoms with E-state index in [2.05, 4.69) is 21.2 Å². The van der Waals surface area contributed by atoms with Crippen LogP contribution in [0.4, 0.5) is 21.9 Å². The van der Waals surface area contributed by atoms with Crippen molar-refractivity contribution in [2.45, 2.75) is 0 Å². The van der Waals surface area contributed by atoms with Crippen molar-refractivity contribution in [3.05, 3.63) is 103 Å². The number of halogens is 1. The Labute approximate surface area is 210 Å². The zero-order chi connectivity index (χ0) is 26.0.